The monoisotopic (exact) mass is 637 g/mol. The summed E-state index contributed by atoms with van der Waals surface area (Å²) < 4.78 is 28.9. The molecule has 0 fully saturated rings. The Morgan fingerprint density at radius 2 is 1.54 bits per heavy atom. The Balaban J connectivity index is 2.06. The molecule has 0 saturated carbocycles. The number of nitrogens with zero attached hydrogens (tertiary/aromatic N) is 2. The van der Waals surface area contributed by atoms with Gasteiger partial charge in [0, 0.05) is 28.2 Å². The van der Waals surface area contributed by atoms with Gasteiger partial charge in [-0.3, -0.25) is 13.9 Å². The third-order valence-electron chi connectivity index (χ3n) is 6.54. The van der Waals surface area contributed by atoms with Gasteiger partial charge in [0.2, 0.25) is 11.8 Å². The van der Waals surface area contributed by atoms with Gasteiger partial charge in [-0.1, -0.05) is 78.5 Å². The highest BCUT2D eigenvalue weighted by molar-refractivity contribution is 7.92. The number of anilines is 1. The second-order valence-corrected chi connectivity index (χ2v) is 13.4. The minimum Gasteiger partial charge on any atom is -0.354 e. The van der Waals surface area contributed by atoms with Crippen molar-refractivity contribution in [3.05, 3.63) is 92.4 Å². The molecule has 7 nitrogen and oxygen atoms in total. The Bertz CT molecular complexity index is 1510. The number of halogens is 3. The van der Waals surface area contributed by atoms with E-state index in [1.165, 1.54) is 23.1 Å². The fourth-order valence-electron chi connectivity index (χ4n) is 3.97. The Morgan fingerprint density at radius 3 is 2.12 bits per heavy atom. The average molecular weight is 639 g/mol. The van der Waals surface area contributed by atoms with Gasteiger partial charge in [-0.2, -0.15) is 0 Å². The van der Waals surface area contributed by atoms with Crippen LogP contribution in [-0.4, -0.2) is 44.3 Å². The van der Waals surface area contributed by atoms with E-state index in [1.54, 1.807) is 56.3 Å². The molecule has 3 rings (SSSR count). The molecule has 0 saturated heterocycles. The van der Waals surface area contributed by atoms with Crippen LogP contribution in [0.3, 0.4) is 0 Å². The lowest BCUT2D eigenvalue weighted by atomic mass is 10.1. The van der Waals surface area contributed by atoms with Crippen molar-refractivity contribution in [1.29, 1.82) is 0 Å². The highest BCUT2D eigenvalue weighted by atomic mass is 35.5. The number of benzene rings is 3. The van der Waals surface area contributed by atoms with E-state index in [0.717, 1.165) is 15.4 Å². The van der Waals surface area contributed by atoms with Gasteiger partial charge in [0.1, 0.15) is 12.6 Å². The van der Waals surface area contributed by atoms with Crippen LogP contribution >= 0.6 is 34.8 Å². The smallest absolute Gasteiger partial charge is 0.264 e. The minimum absolute atomic E-state index is 0.0163. The van der Waals surface area contributed by atoms with E-state index in [0.29, 0.717) is 27.2 Å². The topological polar surface area (TPSA) is 86.8 Å². The molecule has 0 aromatic heterocycles. The van der Waals surface area contributed by atoms with Crippen LogP contribution in [0.25, 0.3) is 0 Å². The number of carbonyl (C=O) groups is 2. The van der Waals surface area contributed by atoms with E-state index in [1.807, 2.05) is 20.8 Å². The fourth-order valence-corrected chi connectivity index (χ4v) is 6.02. The van der Waals surface area contributed by atoms with E-state index in [4.69, 9.17) is 34.8 Å². The third kappa shape index (κ3) is 8.38. The lowest BCUT2D eigenvalue weighted by molar-refractivity contribution is -0.139. The molecule has 0 bridgehead atoms. The number of aryl methyl sites for hydroxylation is 2. The summed E-state index contributed by atoms with van der Waals surface area (Å²) in [5, 5.41) is 3.94. The predicted molar refractivity (Wildman–Crippen MR) is 166 cm³/mol. The van der Waals surface area contributed by atoms with Crippen LogP contribution in [0.15, 0.2) is 65.6 Å². The zero-order valence-corrected chi connectivity index (χ0v) is 26.7. The summed E-state index contributed by atoms with van der Waals surface area (Å²) >= 11 is 18.9. The van der Waals surface area contributed by atoms with Crippen LogP contribution in [-0.2, 0) is 26.2 Å². The Labute approximate surface area is 257 Å². The van der Waals surface area contributed by atoms with Crippen molar-refractivity contribution >= 4 is 62.3 Å². The van der Waals surface area contributed by atoms with Crippen LogP contribution < -0.4 is 9.62 Å². The van der Waals surface area contributed by atoms with Crippen molar-refractivity contribution in [2.45, 2.75) is 52.1 Å². The number of sulfonamides is 1. The molecule has 0 aliphatic rings. The summed E-state index contributed by atoms with van der Waals surface area (Å²) in [5.41, 5.74) is 2.41. The van der Waals surface area contributed by atoms with Crippen molar-refractivity contribution in [2.75, 3.05) is 17.4 Å². The van der Waals surface area contributed by atoms with Gasteiger partial charge < -0.3 is 10.2 Å². The Kier molecular flexibility index (Phi) is 11.1. The SMILES string of the molecule is Cc1ccc(S(=O)(=O)N(CC(=O)N(Cc2ccc(Cl)cc2Cl)C(C)C(=O)NCC(C)C)c2ccc(C)c(Cl)c2)cc1. The van der Waals surface area contributed by atoms with Crippen LogP contribution in [0.5, 0.6) is 0 Å². The summed E-state index contributed by atoms with van der Waals surface area (Å²) in [4.78, 5) is 28.5. The molecule has 0 aliphatic carbocycles. The number of nitrogens with one attached hydrogen (secondary N) is 1. The number of hydrogen-bond donors (Lipinski definition) is 1. The Morgan fingerprint density at radius 1 is 0.878 bits per heavy atom. The average Bonchev–Trinajstić information content (AvgIpc) is 2.91. The maximum Gasteiger partial charge on any atom is 0.264 e. The molecule has 1 atom stereocenters. The first kappa shape index (κ1) is 32.7. The summed E-state index contributed by atoms with van der Waals surface area (Å²) in [6.45, 7) is 8.96. The maximum atomic E-state index is 14.0. The normalized spacial score (nSPS) is 12.2. The van der Waals surface area contributed by atoms with Crippen molar-refractivity contribution in [1.82, 2.24) is 10.2 Å². The van der Waals surface area contributed by atoms with E-state index < -0.39 is 28.5 Å². The molecule has 41 heavy (non-hydrogen) atoms. The summed E-state index contributed by atoms with van der Waals surface area (Å²) in [6.07, 6.45) is 0. The molecule has 0 heterocycles. The largest absolute Gasteiger partial charge is 0.354 e. The number of hydrogen-bond acceptors (Lipinski definition) is 4. The van der Waals surface area contributed by atoms with Crippen LogP contribution in [0.2, 0.25) is 15.1 Å². The molecule has 0 spiro atoms. The molecule has 0 radical (unpaired) electrons. The van der Waals surface area contributed by atoms with Crippen molar-refractivity contribution < 1.29 is 18.0 Å². The second-order valence-electron chi connectivity index (χ2n) is 10.3. The molecule has 3 aromatic carbocycles. The van der Waals surface area contributed by atoms with E-state index in [-0.39, 0.29) is 29.0 Å². The molecule has 11 heteroatoms. The van der Waals surface area contributed by atoms with Crippen molar-refractivity contribution in [3.63, 3.8) is 0 Å². The predicted octanol–water partition coefficient (Wildman–Crippen LogP) is 6.65. The van der Waals surface area contributed by atoms with Crippen molar-refractivity contribution in [2.24, 2.45) is 5.92 Å². The lowest BCUT2D eigenvalue weighted by Gasteiger charge is -2.32. The highest BCUT2D eigenvalue weighted by Gasteiger charge is 2.33. The second kappa shape index (κ2) is 13.9. The minimum atomic E-state index is -4.20. The fraction of sp³-hybridized carbons (Fsp3) is 0.333. The maximum absolute atomic E-state index is 14.0. The summed E-state index contributed by atoms with van der Waals surface area (Å²) in [7, 11) is -4.20. The standard InChI is InChI=1S/C30H34Cl3N3O4S/c1-19(2)16-34-30(38)22(5)35(17-23-9-10-24(31)14-28(23)33)29(37)18-36(25-11-8-21(4)27(32)15-25)41(39,40)26-12-6-20(3)7-13-26/h6-15,19,22H,16-18H2,1-5H3,(H,34,38). The molecule has 220 valence electrons. The van der Waals surface area contributed by atoms with Gasteiger partial charge in [-0.05, 0) is 74.2 Å². The van der Waals surface area contributed by atoms with E-state index >= 15 is 0 Å². The van der Waals surface area contributed by atoms with E-state index in [9.17, 15) is 18.0 Å². The van der Waals surface area contributed by atoms with Gasteiger partial charge in [-0.15, -0.1) is 0 Å². The van der Waals surface area contributed by atoms with Crippen LogP contribution in [0.1, 0.15) is 37.5 Å². The zero-order valence-electron chi connectivity index (χ0n) is 23.6. The lowest BCUT2D eigenvalue weighted by Crippen LogP contribution is -2.51. The van der Waals surface area contributed by atoms with Gasteiger partial charge >= 0.3 is 0 Å². The third-order valence-corrected chi connectivity index (χ3v) is 9.32. The molecular formula is C30H34Cl3N3O4S. The summed E-state index contributed by atoms with van der Waals surface area (Å²) in [6, 6.07) is 15.1. The first-order valence-corrected chi connectivity index (χ1v) is 15.6. The molecule has 1 N–H and O–H groups in total. The number of amides is 2. The van der Waals surface area contributed by atoms with Crippen LogP contribution in [0, 0.1) is 19.8 Å². The van der Waals surface area contributed by atoms with Gasteiger partial charge in [0.15, 0.2) is 0 Å². The van der Waals surface area contributed by atoms with Crippen molar-refractivity contribution in [3.8, 4) is 0 Å². The molecule has 0 aliphatic heterocycles. The Hall–Kier alpha value is -2.78. The van der Waals surface area contributed by atoms with E-state index in [2.05, 4.69) is 5.32 Å². The highest BCUT2D eigenvalue weighted by Crippen LogP contribution is 2.29. The van der Waals surface area contributed by atoms with Gasteiger partial charge in [-0.25, -0.2) is 8.42 Å². The van der Waals surface area contributed by atoms with Gasteiger partial charge in [0.05, 0.1) is 10.6 Å². The summed E-state index contributed by atoms with van der Waals surface area (Å²) in [5.74, 6) is -0.776. The molecule has 3 aromatic rings. The number of rotatable bonds is 11. The molecule has 1 unspecified atom stereocenters. The number of carbonyl (C=O) groups excluding carboxylic acids is 2. The zero-order chi connectivity index (χ0) is 30.5. The molecular weight excluding hydrogens is 605 g/mol. The van der Waals surface area contributed by atoms with Gasteiger partial charge in [0.25, 0.3) is 10.0 Å². The first-order chi connectivity index (χ1) is 19.2. The van der Waals surface area contributed by atoms with Crippen LogP contribution in [0.4, 0.5) is 5.69 Å². The quantitative estimate of drug-likeness (QED) is 0.255. The first-order valence-electron chi connectivity index (χ1n) is 13.1. The molecule has 2 amide bonds.